The van der Waals surface area contributed by atoms with Gasteiger partial charge < -0.3 is 14.6 Å². The Balaban J connectivity index is 1.74. The summed E-state index contributed by atoms with van der Waals surface area (Å²) in [6.45, 7) is 1.77. The smallest absolute Gasteiger partial charge is 0.223 e. The Morgan fingerprint density at radius 1 is 1.15 bits per heavy atom. The summed E-state index contributed by atoms with van der Waals surface area (Å²) in [6, 6.07) is 16.3. The summed E-state index contributed by atoms with van der Waals surface area (Å²) in [5.41, 5.74) is 3.38. The molecule has 1 atom stereocenters. The highest BCUT2D eigenvalue weighted by atomic mass is 16.5. The fourth-order valence-electron chi connectivity index (χ4n) is 3.92. The number of aromatic nitrogens is 1. The van der Waals surface area contributed by atoms with Crippen molar-refractivity contribution in [3.05, 3.63) is 65.9 Å². The van der Waals surface area contributed by atoms with Crippen LogP contribution >= 0.6 is 0 Å². The fourth-order valence-corrected chi connectivity index (χ4v) is 3.92. The number of carbonyl (C=O) groups is 1. The molecule has 1 amide bonds. The van der Waals surface area contributed by atoms with Crippen LogP contribution in [0.2, 0.25) is 0 Å². The van der Waals surface area contributed by atoms with E-state index in [0.29, 0.717) is 6.42 Å². The van der Waals surface area contributed by atoms with Crippen LogP contribution in [0.1, 0.15) is 36.3 Å². The number of nitrogens with zero attached hydrogens (tertiary/aromatic N) is 1. The van der Waals surface area contributed by atoms with Crippen LogP contribution in [0.4, 0.5) is 0 Å². The quantitative estimate of drug-likeness (QED) is 0.746. The second-order valence-electron chi connectivity index (χ2n) is 6.91. The number of methoxy groups -OCH3 is 1. The van der Waals surface area contributed by atoms with Crippen molar-refractivity contribution in [2.75, 3.05) is 20.2 Å². The minimum Gasteiger partial charge on any atom is -0.497 e. The number of ether oxygens (including phenoxy) is 1. The van der Waals surface area contributed by atoms with Crippen LogP contribution in [-0.2, 0) is 4.79 Å². The molecule has 26 heavy (non-hydrogen) atoms. The number of nitrogens with one attached hydrogen (secondary N) is 1. The third-order valence-electron chi connectivity index (χ3n) is 5.33. The molecule has 2 heterocycles. The SMILES string of the molecule is COc1cccc([C@@H](CC(=O)N2CCCC2)c2c[nH]c3ccccc23)c1. The van der Waals surface area contributed by atoms with Gasteiger partial charge in [0.15, 0.2) is 0 Å². The van der Waals surface area contributed by atoms with Crippen LogP contribution in [0.25, 0.3) is 10.9 Å². The van der Waals surface area contributed by atoms with Gasteiger partial charge in [-0.15, -0.1) is 0 Å². The highest BCUT2D eigenvalue weighted by Crippen LogP contribution is 2.35. The minimum absolute atomic E-state index is 0.00866. The number of benzene rings is 2. The first-order valence-electron chi connectivity index (χ1n) is 9.24. The molecular weight excluding hydrogens is 324 g/mol. The van der Waals surface area contributed by atoms with E-state index in [4.69, 9.17) is 4.74 Å². The Kier molecular flexibility index (Phi) is 4.65. The van der Waals surface area contributed by atoms with E-state index in [9.17, 15) is 4.79 Å². The molecule has 2 aromatic carbocycles. The van der Waals surface area contributed by atoms with E-state index in [2.05, 4.69) is 23.2 Å². The second-order valence-corrected chi connectivity index (χ2v) is 6.91. The van der Waals surface area contributed by atoms with Crippen LogP contribution in [0.5, 0.6) is 5.75 Å². The molecule has 3 aromatic rings. The van der Waals surface area contributed by atoms with Gasteiger partial charge in [-0.05, 0) is 42.2 Å². The first-order valence-corrected chi connectivity index (χ1v) is 9.24. The van der Waals surface area contributed by atoms with Crippen molar-refractivity contribution in [1.82, 2.24) is 9.88 Å². The van der Waals surface area contributed by atoms with Crippen molar-refractivity contribution in [2.45, 2.75) is 25.2 Å². The summed E-state index contributed by atoms with van der Waals surface area (Å²) in [7, 11) is 1.68. The zero-order chi connectivity index (χ0) is 17.9. The summed E-state index contributed by atoms with van der Waals surface area (Å²) in [5.74, 6) is 1.07. The van der Waals surface area contributed by atoms with E-state index in [-0.39, 0.29) is 11.8 Å². The summed E-state index contributed by atoms with van der Waals surface area (Å²) < 4.78 is 5.41. The lowest BCUT2D eigenvalue weighted by Gasteiger charge is -2.22. The number of aromatic amines is 1. The molecule has 0 radical (unpaired) electrons. The number of hydrogen-bond donors (Lipinski definition) is 1. The van der Waals surface area contributed by atoms with Crippen molar-refractivity contribution in [3.63, 3.8) is 0 Å². The third kappa shape index (κ3) is 3.19. The van der Waals surface area contributed by atoms with Gasteiger partial charge in [0.25, 0.3) is 0 Å². The third-order valence-corrected chi connectivity index (χ3v) is 5.33. The monoisotopic (exact) mass is 348 g/mol. The lowest BCUT2D eigenvalue weighted by Crippen LogP contribution is -2.29. The molecule has 4 rings (SSSR count). The number of rotatable bonds is 5. The van der Waals surface area contributed by atoms with Gasteiger partial charge in [-0.25, -0.2) is 0 Å². The zero-order valence-electron chi connectivity index (χ0n) is 15.1. The average Bonchev–Trinajstić information content (AvgIpc) is 3.36. The summed E-state index contributed by atoms with van der Waals surface area (Å²) in [4.78, 5) is 18.3. The van der Waals surface area contributed by atoms with Gasteiger partial charge >= 0.3 is 0 Å². The lowest BCUT2D eigenvalue weighted by atomic mass is 9.87. The number of para-hydroxylation sites is 1. The number of carbonyl (C=O) groups excluding carboxylic acids is 1. The Morgan fingerprint density at radius 2 is 1.96 bits per heavy atom. The predicted octanol–water partition coefficient (Wildman–Crippen LogP) is 4.32. The first-order chi connectivity index (χ1) is 12.8. The van der Waals surface area contributed by atoms with Gasteiger partial charge in [0.2, 0.25) is 5.91 Å². The minimum atomic E-state index is 0.00866. The van der Waals surface area contributed by atoms with Crippen molar-refractivity contribution >= 4 is 16.8 Å². The molecule has 0 unspecified atom stereocenters. The van der Waals surface area contributed by atoms with Crippen LogP contribution in [0.15, 0.2) is 54.7 Å². The van der Waals surface area contributed by atoms with Crippen LogP contribution in [0.3, 0.4) is 0 Å². The molecule has 0 bridgehead atoms. The Labute approximate surface area is 153 Å². The highest BCUT2D eigenvalue weighted by Gasteiger charge is 2.26. The van der Waals surface area contributed by atoms with Crippen LogP contribution < -0.4 is 4.74 Å². The number of likely N-dealkylation sites (tertiary alicyclic amines) is 1. The standard InChI is InChI=1S/C22H24N2O2/c1-26-17-8-6-7-16(13-17)19(14-22(25)24-11-4-5-12-24)20-15-23-21-10-3-2-9-18(20)21/h2-3,6-10,13,15,19,23H,4-5,11-12,14H2,1H3/t19-/m1/s1. The van der Waals surface area contributed by atoms with E-state index < -0.39 is 0 Å². The van der Waals surface area contributed by atoms with Gasteiger partial charge in [0.1, 0.15) is 5.75 Å². The van der Waals surface area contributed by atoms with E-state index in [1.54, 1.807) is 7.11 Å². The predicted molar refractivity (Wildman–Crippen MR) is 104 cm³/mol. The molecule has 1 saturated heterocycles. The van der Waals surface area contributed by atoms with Gasteiger partial charge in [-0.1, -0.05) is 30.3 Å². The van der Waals surface area contributed by atoms with Crippen molar-refractivity contribution in [3.8, 4) is 5.75 Å². The largest absolute Gasteiger partial charge is 0.497 e. The maximum atomic E-state index is 12.9. The van der Waals surface area contributed by atoms with Crippen molar-refractivity contribution in [1.29, 1.82) is 0 Å². The Hall–Kier alpha value is -2.75. The number of amides is 1. The Morgan fingerprint density at radius 3 is 2.77 bits per heavy atom. The second kappa shape index (κ2) is 7.24. The summed E-state index contributed by atoms with van der Waals surface area (Å²) >= 11 is 0. The van der Waals surface area contributed by atoms with Crippen LogP contribution in [0, 0.1) is 0 Å². The molecule has 0 aliphatic carbocycles. The average molecular weight is 348 g/mol. The fraction of sp³-hybridized carbons (Fsp3) is 0.318. The van der Waals surface area contributed by atoms with E-state index in [1.807, 2.05) is 41.4 Å². The maximum Gasteiger partial charge on any atom is 0.223 e. The molecule has 1 N–H and O–H groups in total. The lowest BCUT2D eigenvalue weighted by molar-refractivity contribution is -0.130. The van der Waals surface area contributed by atoms with Gasteiger partial charge in [-0.3, -0.25) is 4.79 Å². The summed E-state index contributed by atoms with van der Waals surface area (Å²) in [5, 5.41) is 1.18. The van der Waals surface area contributed by atoms with Gasteiger partial charge in [0, 0.05) is 42.5 Å². The normalized spacial score (nSPS) is 15.3. The van der Waals surface area contributed by atoms with Gasteiger partial charge in [0.05, 0.1) is 7.11 Å². The zero-order valence-corrected chi connectivity index (χ0v) is 15.1. The molecule has 134 valence electrons. The Bertz CT molecular complexity index is 909. The molecule has 1 aliphatic heterocycles. The topological polar surface area (TPSA) is 45.3 Å². The van der Waals surface area contributed by atoms with Crippen LogP contribution in [-0.4, -0.2) is 36.0 Å². The first kappa shape index (κ1) is 16.7. The van der Waals surface area contributed by atoms with Gasteiger partial charge in [-0.2, -0.15) is 0 Å². The number of fused-ring (bicyclic) bond motifs is 1. The van der Waals surface area contributed by atoms with E-state index >= 15 is 0 Å². The molecule has 0 saturated carbocycles. The number of H-pyrrole nitrogens is 1. The molecule has 0 spiro atoms. The maximum absolute atomic E-state index is 12.9. The van der Waals surface area contributed by atoms with E-state index in [1.165, 1.54) is 10.9 Å². The highest BCUT2D eigenvalue weighted by molar-refractivity contribution is 5.86. The van der Waals surface area contributed by atoms with Crippen molar-refractivity contribution < 1.29 is 9.53 Å². The molecular formula is C22H24N2O2. The number of hydrogen-bond acceptors (Lipinski definition) is 2. The van der Waals surface area contributed by atoms with Crippen molar-refractivity contribution in [2.24, 2.45) is 0 Å². The molecule has 4 heteroatoms. The van der Waals surface area contributed by atoms with E-state index in [0.717, 1.165) is 42.8 Å². The molecule has 1 fully saturated rings. The molecule has 4 nitrogen and oxygen atoms in total. The summed E-state index contributed by atoms with van der Waals surface area (Å²) in [6.07, 6.45) is 4.76. The molecule has 1 aromatic heterocycles. The molecule has 1 aliphatic rings.